The van der Waals surface area contributed by atoms with Crippen LogP contribution in [0, 0.1) is 12.7 Å². The number of para-hydroxylation sites is 1. The molecule has 1 unspecified atom stereocenters. The van der Waals surface area contributed by atoms with Crippen molar-refractivity contribution in [3.8, 4) is 5.75 Å². The van der Waals surface area contributed by atoms with E-state index < -0.39 is 23.7 Å². The van der Waals surface area contributed by atoms with Gasteiger partial charge in [0, 0.05) is 11.1 Å². The summed E-state index contributed by atoms with van der Waals surface area (Å²) in [7, 11) is 0. The zero-order valence-corrected chi connectivity index (χ0v) is 17.0. The number of hydrazine groups is 1. The fourth-order valence-electron chi connectivity index (χ4n) is 2.81. The van der Waals surface area contributed by atoms with E-state index >= 15 is 0 Å². The Morgan fingerprint density at radius 2 is 1.45 bits per heavy atom. The summed E-state index contributed by atoms with van der Waals surface area (Å²) in [6.07, 6.45) is -1.07. The highest BCUT2D eigenvalue weighted by Crippen LogP contribution is 2.17. The molecular weight excluding hydrogens is 399 g/mol. The zero-order valence-electron chi connectivity index (χ0n) is 17.0. The summed E-state index contributed by atoms with van der Waals surface area (Å²) in [6, 6.07) is 19.0. The maximum atomic E-state index is 13.7. The quantitative estimate of drug-likeness (QED) is 0.472. The van der Waals surface area contributed by atoms with E-state index in [9.17, 15) is 18.8 Å². The highest BCUT2D eigenvalue weighted by Gasteiger charge is 2.20. The van der Waals surface area contributed by atoms with Crippen molar-refractivity contribution < 1.29 is 23.5 Å². The van der Waals surface area contributed by atoms with Crippen molar-refractivity contribution in [3.05, 3.63) is 101 Å². The number of carbonyl (C=O) groups is 3. The van der Waals surface area contributed by atoms with E-state index in [1.807, 2.05) is 19.1 Å². The van der Waals surface area contributed by atoms with Crippen LogP contribution in [0.2, 0.25) is 0 Å². The number of ketones is 1. The Kier molecular flexibility index (Phi) is 6.77. The van der Waals surface area contributed by atoms with E-state index in [0.717, 1.165) is 5.56 Å². The minimum Gasteiger partial charge on any atom is -0.478 e. The third-order valence-corrected chi connectivity index (χ3v) is 4.54. The van der Waals surface area contributed by atoms with Crippen LogP contribution in [0.25, 0.3) is 0 Å². The molecule has 3 rings (SSSR count). The van der Waals surface area contributed by atoms with Gasteiger partial charge in [-0.2, -0.15) is 0 Å². The van der Waals surface area contributed by atoms with Crippen molar-refractivity contribution in [2.75, 3.05) is 0 Å². The molecule has 0 aliphatic carbocycles. The van der Waals surface area contributed by atoms with Gasteiger partial charge in [-0.25, -0.2) is 4.39 Å². The molecule has 7 heteroatoms. The predicted molar refractivity (Wildman–Crippen MR) is 113 cm³/mol. The Bertz CT molecular complexity index is 1110. The third-order valence-electron chi connectivity index (χ3n) is 4.54. The standard InChI is InChI=1S/C24H21FN2O4/c1-15-11-13-17(14-12-15)22(28)18-7-3-4-8-19(18)24(30)27-26-23(29)16(2)31-21-10-6-5-9-20(21)25/h3-14,16H,1-2H3,(H,26,29)(H,27,30). The van der Waals surface area contributed by atoms with Crippen LogP contribution >= 0.6 is 0 Å². The molecule has 2 N–H and O–H groups in total. The topological polar surface area (TPSA) is 84.5 Å². The highest BCUT2D eigenvalue weighted by atomic mass is 19.1. The van der Waals surface area contributed by atoms with Crippen LogP contribution in [0.4, 0.5) is 4.39 Å². The average molecular weight is 420 g/mol. The molecule has 0 saturated heterocycles. The Balaban J connectivity index is 1.67. The van der Waals surface area contributed by atoms with Gasteiger partial charge in [-0.3, -0.25) is 25.2 Å². The van der Waals surface area contributed by atoms with Crippen molar-refractivity contribution in [1.82, 2.24) is 10.9 Å². The Morgan fingerprint density at radius 1 is 0.839 bits per heavy atom. The molecule has 0 saturated carbocycles. The molecular formula is C24H21FN2O4. The Labute approximate surface area is 179 Å². The predicted octanol–water partition coefficient (Wildman–Crippen LogP) is 3.59. The molecule has 0 spiro atoms. The van der Waals surface area contributed by atoms with E-state index in [0.29, 0.717) is 5.56 Å². The molecule has 2 amide bonds. The SMILES string of the molecule is Cc1ccc(C(=O)c2ccccc2C(=O)NNC(=O)C(C)Oc2ccccc2F)cc1. The molecule has 0 heterocycles. The number of rotatable bonds is 6. The van der Waals surface area contributed by atoms with E-state index in [2.05, 4.69) is 10.9 Å². The smallest absolute Gasteiger partial charge is 0.279 e. The van der Waals surface area contributed by atoms with Crippen LogP contribution in [0.5, 0.6) is 5.75 Å². The van der Waals surface area contributed by atoms with Crippen molar-refractivity contribution in [3.63, 3.8) is 0 Å². The number of ether oxygens (including phenoxy) is 1. The minimum absolute atomic E-state index is 0.0782. The number of benzene rings is 3. The highest BCUT2D eigenvalue weighted by molar-refractivity contribution is 6.15. The van der Waals surface area contributed by atoms with Gasteiger partial charge in [0.2, 0.25) is 0 Å². The lowest BCUT2D eigenvalue weighted by Gasteiger charge is -2.16. The van der Waals surface area contributed by atoms with Crippen LogP contribution in [-0.4, -0.2) is 23.7 Å². The molecule has 0 radical (unpaired) electrons. The molecule has 0 bridgehead atoms. The average Bonchev–Trinajstić information content (AvgIpc) is 2.78. The van der Waals surface area contributed by atoms with Gasteiger partial charge in [0.25, 0.3) is 11.8 Å². The van der Waals surface area contributed by atoms with Gasteiger partial charge < -0.3 is 4.74 Å². The molecule has 158 valence electrons. The summed E-state index contributed by atoms with van der Waals surface area (Å²) in [6.45, 7) is 3.33. The first-order chi connectivity index (χ1) is 14.9. The number of carbonyl (C=O) groups excluding carboxylic acids is 3. The molecule has 0 aliphatic rings. The lowest BCUT2D eigenvalue weighted by Crippen LogP contribution is -2.47. The molecule has 0 aromatic heterocycles. The number of hydrogen-bond acceptors (Lipinski definition) is 4. The molecule has 6 nitrogen and oxygen atoms in total. The molecule has 1 atom stereocenters. The second-order valence-electron chi connectivity index (χ2n) is 6.87. The van der Waals surface area contributed by atoms with E-state index in [1.165, 1.54) is 31.2 Å². The normalized spacial score (nSPS) is 11.3. The maximum Gasteiger partial charge on any atom is 0.279 e. The second kappa shape index (κ2) is 9.67. The zero-order chi connectivity index (χ0) is 22.4. The van der Waals surface area contributed by atoms with Gasteiger partial charge in [-0.1, -0.05) is 60.2 Å². The fraction of sp³-hybridized carbons (Fsp3) is 0.125. The largest absolute Gasteiger partial charge is 0.478 e. The van der Waals surface area contributed by atoms with Gasteiger partial charge in [-0.15, -0.1) is 0 Å². The molecule has 3 aromatic carbocycles. The lowest BCUT2D eigenvalue weighted by molar-refractivity contribution is -0.128. The van der Waals surface area contributed by atoms with Gasteiger partial charge in [0.05, 0.1) is 5.56 Å². The van der Waals surface area contributed by atoms with E-state index in [4.69, 9.17) is 4.74 Å². The van der Waals surface area contributed by atoms with Crippen LogP contribution in [0.1, 0.15) is 38.8 Å². The third kappa shape index (κ3) is 5.33. The number of halogens is 1. The van der Waals surface area contributed by atoms with Crippen molar-refractivity contribution >= 4 is 17.6 Å². The Morgan fingerprint density at radius 3 is 2.13 bits per heavy atom. The summed E-state index contributed by atoms with van der Waals surface area (Å²) in [5.41, 5.74) is 6.28. The molecule has 3 aromatic rings. The summed E-state index contributed by atoms with van der Waals surface area (Å²) >= 11 is 0. The minimum atomic E-state index is -1.07. The van der Waals surface area contributed by atoms with Crippen molar-refractivity contribution in [2.45, 2.75) is 20.0 Å². The van der Waals surface area contributed by atoms with Crippen LogP contribution in [-0.2, 0) is 4.79 Å². The first-order valence-corrected chi connectivity index (χ1v) is 9.58. The van der Waals surface area contributed by atoms with E-state index in [-0.39, 0.29) is 22.7 Å². The van der Waals surface area contributed by atoms with Gasteiger partial charge in [-0.05, 0) is 32.0 Å². The second-order valence-corrected chi connectivity index (χ2v) is 6.87. The van der Waals surface area contributed by atoms with Crippen molar-refractivity contribution in [1.29, 1.82) is 0 Å². The molecule has 0 fully saturated rings. The van der Waals surface area contributed by atoms with Gasteiger partial charge in [0.15, 0.2) is 23.5 Å². The van der Waals surface area contributed by atoms with Crippen LogP contribution < -0.4 is 15.6 Å². The van der Waals surface area contributed by atoms with Crippen LogP contribution in [0.15, 0.2) is 72.8 Å². The van der Waals surface area contributed by atoms with E-state index in [1.54, 1.807) is 36.4 Å². The summed E-state index contributed by atoms with van der Waals surface area (Å²) in [4.78, 5) is 37.7. The fourth-order valence-corrected chi connectivity index (χ4v) is 2.81. The summed E-state index contributed by atoms with van der Waals surface area (Å²) < 4.78 is 19.0. The van der Waals surface area contributed by atoms with Gasteiger partial charge >= 0.3 is 0 Å². The summed E-state index contributed by atoms with van der Waals surface area (Å²) in [5, 5.41) is 0. The maximum absolute atomic E-state index is 13.7. The lowest BCUT2D eigenvalue weighted by atomic mass is 9.97. The number of nitrogens with one attached hydrogen (secondary N) is 2. The number of amides is 2. The first-order valence-electron chi connectivity index (χ1n) is 9.58. The Hall–Kier alpha value is -4.00. The monoisotopic (exact) mass is 420 g/mol. The summed E-state index contributed by atoms with van der Waals surface area (Å²) in [5.74, 6) is -2.34. The number of hydrogen-bond donors (Lipinski definition) is 2. The van der Waals surface area contributed by atoms with Crippen molar-refractivity contribution in [2.24, 2.45) is 0 Å². The van der Waals surface area contributed by atoms with Crippen LogP contribution in [0.3, 0.4) is 0 Å². The molecule has 0 aliphatic heterocycles. The number of aryl methyl sites for hydroxylation is 1. The van der Waals surface area contributed by atoms with Gasteiger partial charge in [0.1, 0.15) is 0 Å². The molecule has 31 heavy (non-hydrogen) atoms. The first kappa shape index (κ1) is 21.7.